The molecule has 18 heavy (non-hydrogen) atoms. The van der Waals surface area contributed by atoms with Crippen LogP contribution < -0.4 is 5.43 Å². The Balaban J connectivity index is 2.04. The summed E-state index contributed by atoms with van der Waals surface area (Å²) < 4.78 is 0. The topological polar surface area (TPSA) is 32.3 Å². The normalized spacial score (nSPS) is 24.8. The number of aryl methyl sites for hydroxylation is 1. The second-order valence-corrected chi connectivity index (χ2v) is 5.34. The number of nitrogens with one attached hydrogen (secondary N) is 1. The molecule has 0 bridgehead atoms. The van der Waals surface area contributed by atoms with Crippen LogP contribution in [0.1, 0.15) is 49.0 Å². The minimum Gasteiger partial charge on any atom is -0.284 e. The lowest BCUT2D eigenvalue weighted by molar-refractivity contribution is 0.0370. The highest BCUT2D eigenvalue weighted by molar-refractivity contribution is 5.93. The predicted molar refractivity (Wildman–Crippen MR) is 73.3 cm³/mol. The van der Waals surface area contributed by atoms with Crippen molar-refractivity contribution in [3.05, 3.63) is 35.4 Å². The van der Waals surface area contributed by atoms with Gasteiger partial charge in [0.1, 0.15) is 0 Å². The van der Waals surface area contributed by atoms with E-state index in [9.17, 15) is 4.79 Å². The molecule has 2 rings (SSSR count). The third-order valence-corrected chi connectivity index (χ3v) is 3.74. The molecule has 1 aliphatic heterocycles. The Labute approximate surface area is 109 Å². The fraction of sp³-hybridized carbons (Fsp3) is 0.533. The molecule has 0 saturated carbocycles. The van der Waals surface area contributed by atoms with Gasteiger partial charge in [-0.1, -0.05) is 24.1 Å². The fourth-order valence-electron chi connectivity index (χ4n) is 2.53. The molecular weight excluding hydrogens is 224 g/mol. The number of benzene rings is 1. The quantitative estimate of drug-likeness (QED) is 0.870. The zero-order valence-corrected chi connectivity index (χ0v) is 11.4. The first kappa shape index (κ1) is 13.1. The highest BCUT2D eigenvalue weighted by Crippen LogP contribution is 2.20. The first-order valence-electron chi connectivity index (χ1n) is 6.74. The fourth-order valence-corrected chi connectivity index (χ4v) is 2.53. The number of carbonyl (C=O) groups is 1. The van der Waals surface area contributed by atoms with Crippen molar-refractivity contribution >= 4 is 5.91 Å². The van der Waals surface area contributed by atoms with Crippen LogP contribution in [0.2, 0.25) is 0 Å². The monoisotopic (exact) mass is 246 g/mol. The molecule has 1 amide bonds. The Hall–Kier alpha value is -1.35. The van der Waals surface area contributed by atoms with Crippen molar-refractivity contribution in [2.45, 2.75) is 52.1 Å². The summed E-state index contributed by atoms with van der Waals surface area (Å²) in [6.45, 7) is 6.37. The van der Waals surface area contributed by atoms with E-state index in [-0.39, 0.29) is 5.91 Å². The molecule has 3 heteroatoms. The van der Waals surface area contributed by atoms with Crippen LogP contribution in [0.5, 0.6) is 0 Å². The second-order valence-electron chi connectivity index (χ2n) is 5.34. The Morgan fingerprint density at radius 2 is 1.72 bits per heavy atom. The lowest BCUT2D eigenvalue weighted by Crippen LogP contribution is -2.54. The molecule has 0 aromatic heterocycles. The van der Waals surface area contributed by atoms with Crippen molar-refractivity contribution in [3.8, 4) is 0 Å². The van der Waals surface area contributed by atoms with Gasteiger partial charge in [0.2, 0.25) is 0 Å². The van der Waals surface area contributed by atoms with Crippen LogP contribution in [0.4, 0.5) is 0 Å². The molecular formula is C15H22N2O. The number of hydrogen-bond donors (Lipinski definition) is 1. The van der Waals surface area contributed by atoms with E-state index in [4.69, 9.17) is 0 Å². The average Bonchev–Trinajstić information content (AvgIpc) is 2.34. The molecule has 1 aromatic rings. The number of hydrazine groups is 1. The van der Waals surface area contributed by atoms with Gasteiger partial charge < -0.3 is 0 Å². The molecule has 2 atom stereocenters. The summed E-state index contributed by atoms with van der Waals surface area (Å²) in [7, 11) is 0. The molecule has 1 aromatic carbocycles. The number of piperidine rings is 1. The summed E-state index contributed by atoms with van der Waals surface area (Å²) >= 11 is 0. The van der Waals surface area contributed by atoms with Gasteiger partial charge in [-0.25, -0.2) is 5.01 Å². The Kier molecular flexibility index (Phi) is 4.02. The van der Waals surface area contributed by atoms with Crippen LogP contribution in [0, 0.1) is 6.92 Å². The zero-order chi connectivity index (χ0) is 13.1. The molecule has 0 spiro atoms. The van der Waals surface area contributed by atoms with Crippen molar-refractivity contribution in [1.29, 1.82) is 0 Å². The maximum absolute atomic E-state index is 12.2. The first-order chi connectivity index (χ1) is 8.58. The van der Waals surface area contributed by atoms with Gasteiger partial charge in [-0.2, -0.15) is 0 Å². The Bertz CT molecular complexity index is 403. The minimum absolute atomic E-state index is 0.00407. The van der Waals surface area contributed by atoms with Crippen molar-refractivity contribution < 1.29 is 4.79 Å². The Morgan fingerprint density at radius 3 is 2.28 bits per heavy atom. The van der Waals surface area contributed by atoms with Gasteiger partial charge in [0.25, 0.3) is 5.91 Å². The summed E-state index contributed by atoms with van der Waals surface area (Å²) in [6.07, 6.45) is 3.55. The van der Waals surface area contributed by atoms with E-state index in [2.05, 4.69) is 24.3 Å². The maximum atomic E-state index is 12.2. The van der Waals surface area contributed by atoms with Crippen molar-refractivity contribution in [2.24, 2.45) is 0 Å². The van der Waals surface area contributed by atoms with Crippen LogP contribution in [0.3, 0.4) is 0 Å². The molecule has 1 N–H and O–H groups in total. The number of rotatable bonds is 2. The summed E-state index contributed by atoms with van der Waals surface area (Å²) in [5, 5.41) is 2.10. The number of carbonyl (C=O) groups excluding carboxylic acids is 1. The van der Waals surface area contributed by atoms with Gasteiger partial charge in [0, 0.05) is 17.6 Å². The summed E-state index contributed by atoms with van der Waals surface area (Å²) in [4.78, 5) is 12.2. The molecule has 3 nitrogen and oxygen atoms in total. The summed E-state index contributed by atoms with van der Waals surface area (Å²) in [5.41, 5.74) is 4.95. The van der Waals surface area contributed by atoms with E-state index >= 15 is 0 Å². The highest BCUT2D eigenvalue weighted by Gasteiger charge is 2.26. The van der Waals surface area contributed by atoms with E-state index in [0.717, 1.165) is 18.4 Å². The SMILES string of the molecule is Cc1ccc(C(=O)NN2[C@H](C)CCC[C@@H]2C)cc1. The van der Waals surface area contributed by atoms with Crippen LogP contribution in [-0.4, -0.2) is 23.0 Å². The minimum atomic E-state index is -0.00407. The van der Waals surface area contributed by atoms with E-state index in [0.29, 0.717) is 12.1 Å². The van der Waals surface area contributed by atoms with Crippen LogP contribution in [0.15, 0.2) is 24.3 Å². The second kappa shape index (κ2) is 5.53. The van der Waals surface area contributed by atoms with Gasteiger partial charge >= 0.3 is 0 Å². The van der Waals surface area contributed by atoms with Gasteiger partial charge in [-0.3, -0.25) is 10.2 Å². The first-order valence-corrected chi connectivity index (χ1v) is 6.74. The standard InChI is InChI=1S/C15H22N2O/c1-11-7-9-14(10-8-11)15(18)16-17-12(2)5-4-6-13(17)3/h7-10,12-13H,4-6H2,1-3H3,(H,16,18)/t12-,13+. The molecule has 0 aliphatic carbocycles. The number of amides is 1. The molecule has 0 unspecified atom stereocenters. The largest absolute Gasteiger partial charge is 0.284 e. The van der Waals surface area contributed by atoms with Gasteiger partial charge in [-0.15, -0.1) is 0 Å². The van der Waals surface area contributed by atoms with E-state index in [1.807, 2.05) is 31.2 Å². The number of hydrogen-bond acceptors (Lipinski definition) is 2. The smallest absolute Gasteiger partial charge is 0.265 e. The lowest BCUT2D eigenvalue weighted by Gasteiger charge is -2.38. The molecule has 1 fully saturated rings. The van der Waals surface area contributed by atoms with Gasteiger partial charge in [-0.05, 0) is 45.7 Å². The zero-order valence-electron chi connectivity index (χ0n) is 11.4. The van der Waals surface area contributed by atoms with Crippen molar-refractivity contribution in [3.63, 3.8) is 0 Å². The Morgan fingerprint density at radius 1 is 1.17 bits per heavy atom. The van der Waals surface area contributed by atoms with E-state index < -0.39 is 0 Å². The third-order valence-electron chi connectivity index (χ3n) is 3.74. The average molecular weight is 246 g/mol. The summed E-state index contributed by atoms with van der Waals surface area (Å²) in [6, 6.07) is 8.54. The lowest BCUT2D eigenvalue weighted by atomic mass is 10.00. The predicted octanol–water partition coefficient (Wildman–Crippen LogP) is 2.90. The van der Waals surface area contributed by atoms with Crippen LogP contribution in [-0.2, 0) is 0 Å². The van der Waals surface area contributed by atoms with Gasteiger partial charge in [0.15, 0.2) is 0 Å². The van der Waals surface area contributed by atoms with Crippen LogP contribution >= 0.6 is 0 Å². The van der Waals surface area contributed by atoms with Crippen LogP contribution in [0.25, 0.3) is 0 Å². The maximum Gasteiger partial charge on any atom is 0.265 e. The molecule has 1 heterocycles. The van der Waals surface area contributed by atoms with Crippen molar-refractivity contribution in [2.75, 3.05) is 0 Å². The number of nitrogens with zero attached hydrogens (tertiary/aromatic N) is 1. The van der Waals surface area contributed by atoms with E-state index in [1.54, 1.807) is 0 Å². The van der Waals surface area contributed by atoms with Gasteiger partial charge in [0.05, 0.1) is 0 Å². The molecule has 1 aliphatic rings. The third kappa shape index (κ3) is 2.91. The molecule has 0 radical (unpaired) electrons. The van der Waals surface area contributed by atoms with E-state index in [1.165, 1.54) is 12.0 Å². The molecule has 98 valence electrons. The highest BCUT2D eigenvalue weighted by atomic mass is 16.2. The summed E-state index contributed by atoms with van der Waals surface area (Å²) in [5.74, 6) is -0.00407. The van der Waals surface area contributed by atoms with Crippen molar-refractivity contribution in [1.82, 2.24) is 10.4 Å². The molecule has 1 saturated heterocycles.